The fourth-order valence-corrected chi connectivity index (χ4v) is 10.0. The molecular weight excluding hydrogens is 1090 g/mol. The molecule has 22 heteroatoms. The van der Waals surface area contributed by atoms with Crippen molar-refractivity contribution in [3.63, 3.8) is 0 Å². The molecule has 3 aliphatic rings. The quantitative estimate of drug-likeness (QED) is 0.0791. The van der Waals surface area contributed by atoms with E-state index >= 15 is 0 Å². The average molecular weight is 1160 g/mol. The van der Waals surface area contributed by atoms with Gasteiger partial charge in [0, 0.05) is 54.0 Å². The number of nitrogens with zero attached hydrogens (tertiary/aromatic N) is 5. The van der Waals surface area contributed by atoms with Crippen molar-refractivity contribution in [3.05, 3.63) is 169 Å². The monoisotopic (exact) mass is 1160 g/mol. The Balaban J connectivity index is 1.39. The van der Waals surface area contributed by atoms with Crippen LogP contribution in [0, 0.1) is 23.7 Å². The van der Waals surface area contributed by atoms with Gasteiger partial charge in [-0.25, -0.2) is 24.2 Å². The van der Waals surface area contributed by atoms with E-state index < -0.39 is 96.0 Å². The predicted molar refractivity (Wildman–Crippen MR) is 295 cm³/mol. The van der Waals surface area contributed by atoms with Gasteiger partial charge in [0.1, 0.15) is 17.2 Å². The summed E-state index contributed by atoms with van der Waals surface area (Å²) in [4.78, 5) is 59.1. The SMILES string of the molecule is CNC(=O)O[C@@H](CC(C)C)c1nc([C@H]2OC(=O)/C(C)=C/C/C(C)=C/[C@@H](OC(=O)c3ccc(C4(C(F)(F)F)N=N4)cc3)[C@@H](C)\C=C(C)/C=C(C)\C=C\[C@@H](OC(=O)c3ccc(C4(C(F)(F)F)N=N4)cc3)[C@H](C)[C@H](OC)/C(C)=C/C=C/[C@@H]2C)cs1. The normalized spacial score (nSPS) is 27.8. The fourth-order valence-electron chi connectivity index (χ4n) is 9.12. The van der Waals surface area contributed by atoms with Crippen LogP contribution in [-0.4, -0.2) is 73.8 Å². The number of rotatable bonds is 12. The van der Waals surface area contributed by atoms with Gasteiger partial charge in [0.15, 0.2) is 12.2 Å². The van der Waals surface area contributed by atoms with Crippen LogP contribution in [0.5, 0.6) is 0 Å². The molecule has 0 unspecified atom stereocenters. The number of alkyl carbamates (subject to hydrolysis) is 1. The van der Waals surface area contributed by atoms with Crippen LogP contribution in [0.3, 0.4) is 0 Å². The van der Waals surface area contributed by atoms with Crippen molar-refractivity contribution in [2.75, 3.05) is 14.2 Å². The number of hydrogen-bond acceptors (Lipinski definition) is 15. The van der Waals surface area contributed by atoms with E-state index in [9.17, 15) is 45.5 Å². The molecule has 3 aromatic rings. The Morgan fingerprint density at radius 2 is 1.33 bits per heavy atom. The first-order chi connectivity index (χ1) is 38.5. The van der Waals surface area contributed by atoms with Crippen LogP contribution < -0.4 is 5.32 Å². The minimum Gasteiger partial charge on any atom is -0.454 e. The average Bonchev–Trinajstić information content (AvgIpc) is 2.14. The van der Waals surface area contributed by atoms with E-state index in [0.29, 0.717) is 33.8 Å². The molecule has 4 heterocycles. The van der Waals surface area contributed by atoms with Crippen LogP contribution in [0.4, 0.5) is 31.1 Å². The van der Waals surface area contributed by atoms with Gasteiger partial charge in [-0.1, -0.05) is 118 Å². The Labute approximate surface area is 477 Å². The molecule has 1 amide bonds. The molecular formula is C60H68F6N6O9S. The molecule has 15 nitrogen and oxygen atoms in total. The number of amides is 1. The fraction of sp³-hybridized carbons (Fsp3) is 0.450. The van der Waals surface area contributed by atoms with E-state index in [2.05, 4.69) is 25.8 Å². The largest absolute Gasteiger partial charge is 0.454 e. The van der Waals surface area contributed by atoms with Crippen molar-refractivity contribution in [2.24, 2.45) is 44.1 Å². The number of ether oxygens (including phenoxy) is 5. The molecule has 2 aromatic carbocycles. The maximum atomic E-state index is 14.1. The summed E-state index contributed by atoms with van der Waals surface area (Å²) >= 11 is 1.26. The smallest absolute Gasteiger partial charge is 0.442 e. The van der Waals surface area contributed by atoms with Gasteiger partial charge in [0.25, 0.3) is 0 Å². The lowest BCUT2D eigenvalue weighted by Crippen LogP contribution is -2.34. The van der Waals surface area contributed by atoms with Crippen molar-refractivity contribution in [1.82, 2.24) is 10.3 Å². The lowest BCUT2D eigenvalue weighted by atomic mass is 9.91. The molecule has 0 fully saturated rings. The molecule has 6 rings (SSSR count). The zero-order valence-electron chi connectivity index (χ0n) is 47.6. The van der Waals surface area contributed by atoms with E-state index in [0.717, 1.165) is 29.8 Å². The first-order valence-electron chi connectivity index (χ1n) is 26.5. The summed E-state index contributed by atoms with van der Waals surface area (Å²) in [5.74, 6) is -3.77. The van der Waals surface area contributed by atoms with Gasteiger partial charge in [-0.15, -0.1) is 31.8 Å². The number of hydrogen-bond donors (Lipinski definition) is 1. The van der Waals surface area contributed by atoms with Crippen LogP contribution >= 0.6 is 11.3 Å². The number of carbonyl (C=O) groups is 4. The number of nitrogens with one attached hydrogen (secondary N) is 1. The molecule has 82 heavy (non-hydrogen) atoms. The molecule has 0 saturated heterocycles. The third-order valence-electron chi connectivity index (χ3n) is 13.9. The molecule has 0 spiro atoms. The summed E-state index contributed by atoms with van der Waals surface area (Å²) < 4.78 is 113. The number of cyclic esters (lactones) is 1. The second kappa shape index (κ2) is 26.7. The maximum Gasteiger partial charge on any atom is 0.442 e. The molecule has 440 valence electrons. The number of halogens is 6. The van der Waals surface area contributed by atoms with Crippen molar-refractivity contribution in [3.8, 4) is 0 Å². The van der Waals surface area contributed by atoms with E-state index in [-0.39, 0.29) is 40.2 Å². The highest BCUT2D eigenvalue weighted by Gasteiger charge is 2.66. The third-order valence-corrected chi connectivity index (χ3v) is 14.9. The predicted octanol–water partition coefficient (Wildman–Crippen LogP) is 15.2. The number of carbonyl (C=O) groups excluding carboxylic acids is 4. The minimum atomic E-state index is -4.77. The highest BCUT2D eigenvalue weighted by Crippen LogP contribution is 2.53. The number of alkyl halides is 6. The zero-order valence-corrected chi connectivity index (χ0v) is 48.4. The van der Waals surface area contributed by atoms with Crippen LogP contribution in [0.1, 0.15) is 137 Å². The van der Waals surface area contributed by atoms with Gasteiger partial charge >= 0.3 is 47.7 Å². The number of allylic oxidation sites excluding steroid dienone is 8. The standard InChI is InChI=1S/C60H68F6N6O9S/c1-33(2)28-49(80-56(76)67-11)52-68-46(32-82-52)51-38(7)15-13-14-37(6)50(77-12)41(10)47(78-54(74)42-19-23-44(24-20-42)57(69-70-57)59(61,62)63)27-17-34(3)29-36(5)30-40(9)48(31-35(4)16-18-39(8)53(73)81-51)79-55(75)43-21-25-45(26-22-43)58(71-72-58)60(64,65)66/h13-15,17-27,29-33,38,40-41,47-51H,16,28H2,1-12H3,(H,67,76)/b15-13+,27-17+,34-29-,35-31+,36-30-,37-14+,39-18+/t38-,40-,41-,47+,48+,49-,50+,51-/m0/s1. The van der Waals surface area contributed by atoms with Crippen LogP contribution in [-0.2, 0) is 39.8 Å². The van der Waals surface area contributed by atoms with Gasteiger partial charge in [0.2, 0.25) is 0 Å². The molecule has 0 aliphatic carbocycles. The Morgan fingerprint density at radius 3 is 1.83 bits per heavy atom. The highest BCUT2D eigenvalue weighted by molar-refractivity contribution is 7.09. The Kier molecular flexibility index (Phi) is 20.8. The summed E-state index contributed by atoms with van der Waals surface area (Å²) in [6, 6.07) is 9.39. The Bertz CT molecular complexity index is 3090. The van der Waals surface area contributed by atoms with Crippen molar-refractivity contribution < 1.29 is 69.2 Å². The summed E-state index contributed by atoms with van der Waals surface area (Å²) in [6.07, 6.45) is 2.28. The molecule has 0 radical (unpaired) electrons. The molecule has 3 aliphatic heterocycles. The molecule has 1 N–H and O–H groups in total. The zero-order chi connectivity index (χ0) is 60.5. The number of thiazole rings is 1. The minimum absolute atomic E-state index is 0.0205. The van der Waals surface area contributed by atoms with Gasteiger partial charge in [0.05, 0.1) is 22.9 Å². The first-order valence-corrected chi connectivity index (χ1v) is 27.4. The molecule has 0 bridgehead atoms. The van der Waals surface area contributed by atoms with E-state index in [4.69, 9.17) is 28.7 Å². The highest BCUT2D eigenvalue weighted by atomic mass is 32.1. The van der Waals surface area contributed by atoms with Crippen molar-refractivity contribution in [1.29, 1.82) is 0 Å². The number of aromatic nitrogens is 1. The summed E-state index contributed by atoms with van der Waals surface area (Å²) in [5, 5.41) is 17.7. The molecule has 0 saturated carbocycles. The Hall–Kier alpha value is -7.33. The summed E-state index contributed by atoms with van der Waals surface area (Å²) in [5.41, 5.74) is -2.41. The van der Waals surface area contributed by atoms with E-state index in [1.165, 1.54) is 49.8 Å². The summed E-state index contributed by atoms with van der Waals surface area (Å²) in [6.45, 7) is 18.3. The van der Waals surface area contributed by atoms with Crippen molar-refractivity contribution >= 4 is 35.3 Å². The third kappa shape index (κ3) is 15.8. The van der Waals surface area contributed by atoms with Crippen LogP contribution in [0.15, 0.2) is 157 Å². The number of esters is 3. The number of methoxy groups -OCH3 is 1. The van der Waals surface area contributed by atoms with Crippen LogP contribution in [0.25, 0.3) is 0 Å². The first kappa shape index (κ1) is 63.8. The second-order valence-electron chi connectivity index (χ2n) is 21.1. The van der Waals surface area contributed by atoms with E-state index in [1.54, 1.807) is 49.6 Å². The van der Waals surface area contributed by atoms with E-state index in [1.807, 2.05) is 79.7 Å². The lowest BCUT2D eigenvalue weighted by Gasteiger charge is -2.29. The molecule has 1 aromatic heterocycles. The topological polar surface area (TPSA) is 189 Å². The second-order valence-corrected chi connectivity index (χ2v) is 22.0. The number of benzene rings is 2. The Morgan fingerprint density at radius 1 is 0.780 bits per heavy atom. The van der Waals surface area contributed by atoms with Gasteiger partial charge < -0.3 is 29.0 Å². The van der Waals surface area contributed by atoms with Gasteiger partial charge in [-0.2, -0.15) is 26.3 Å². The summed E-state index contributed by atoms with van der Waals surface area (Å²) in [7, 11) is 2.96. The van der Waals surface area contributed by atoms with Gasteiger partial charge in [-0.05, 0) is 95.4 Å². The lowest BCUT2D eigenvalue weighted by molar-refractivity contribution is -0.166. The molecule has 8 atom stereocenters. The van der Waals surface area contributed by atoms with Gasteiger partial charge in [-0.3, -0.25) is 0 Å². The van der Waals surface area contributed by atoms with Crippen LogP contribution in [0.2, 0.25) is 0 Å². The maximum absolute atomic E-state index is 14.1. The van der Waals surface area contributed by atoms with Crippen molar-refractivity contribution in [2.45, 2.75) is 136 Å².